The van der Waals surface area contributed by atoms with Crippen LogP contribution in [0.15, 0.2) is 65.5 Å². The number of hydrogen-bond donors (Lipinski definition) is 1. The smallest absolute Gasteiger partial charge is 0.191 e. The number of oxazole rings is 1. The molecule has 5 rings (SSSR count). The molecule has 0 aliphatic heterocycles. The number of pyridine rings is 1. The van der Waals surface area contributed by atoms with Crippen molar-refractivity contribution in [3.05, 3.63) is 84.3 Å². The van der Waals surface area contributed by atoms with Crippen molar-refractivity contribution in [2.45, 2.75) is 13.5 Å². The van der Waals surface area contributed by atoms with Crippen molar-refractivity contribution in [3.8, 4) is 28.3 Å². The zero-order valence-corrected chi connectivity index (χ0v) is 18.3. The Kier molecular flexibility index (Phi) is 5.59. The van der Waals surface area contributed by atoms with Gasteiger partial charge in [0.15, 0.2) is 11.7 Å². The van der Waals surface area contributed by atoms with E-state index in [1.807, 2.05) is 6.07 Å². The van der Waals surface area contributed by atoms with Crippen LogP contribution in [0.3, 0.4) is 0 Å². The summed E-state index contributed by atoms with van der Waals surface area (Å²) in [5.74, 6) is 1.36. The third-order valence-corrected chi connectivity index (χ3v) is 5.24. The molecule has 0 saturated carbocycles. The van der Waals surface area contributed by atoms with E-state index in [2.05, 4.69) is 15.3 Å². The van der Waals surface area contributed by atoms with Gasteiger partial charge in [-0.25, -0.2) is 23.7 Å². The minimum atomic E-state index is -0.553. The van der Waals surface area contributed by atoms with Crippen molar-refractivity contribution in [1.82, 2.24) is 19.9 Å². The quantitative estimate of drug-likeness (QED) is 0.356. The van der Waals surface area contributed by atoms with E-state index in [1.165, 1.54) is 7.11 Å². The van der Waals surface area contributed by atoms with E-state index in [-0.39, 0.29) is 5.56 Å². The molecule has 0 saturated heterocycles. The molecule has 3 aromatic heterocycles. The minimum Gasteiger partial charge on any atom is -0.494 e. The normalized spacial score (nSPS) is 11.1. The van der Waals surface area contributed by atoms with Crippen molar-refractivity contribution < 1.29 is 17.9 Å². The van der Waals surface area contributed by atoms with Crippen molar-refractivity contribution in [3.63, 3.8) is 0 Å². The molecule has 7 nitrogen and oxygen atoms in total. The number of ether oxygens (including phenoxy) is 1. The number of methoxy groups -OCH3 is 1. The average Bonchev–Trinajstić information content (AvgIpc) is 3.28. The van der Waals surface area contributed by atoms with Crippen LogP contribution in [0.5, 0.6) is 5.75 Å². The molecule has 0 unspecified atom stereocenters. The Morgan fingerprint density at radius 1 is 1.03 bits per heavy atom. The molecule has 2 aromatic carbocycles. The van der Waals surface area contributed by atoms with Crippen molar-refractivity contribution >= 4 is 16.7 Å². The monoisotopic (exact) mass is 459 g/mol. The minimum absolute atomic E-state index is 0.105. The van der Waals surface area contributed by atoms with Crippen LogP contribution in [0.2, 0.25) is 0 Å². The number of nitrogens with zero attached hydrogens (tertiary/aromatic N) is 4. The zero-order chi connectivity index (χ0) is 23.7. The van der Waals surface area contributed by atoms with Gasteiger partial charge in [0.1, 0.15) is 34.5 Å². The van der Waals surface area contributed by atoms with E-state index in [1.54, 1.807) is 43.7 Å². The van der Waals surface area contributed by atoms with Gasteiger partial charge in [-0.05, 0) is 48.0 Å². The SMILES string of the molecule is COc1cc(-c2cc(F)ccc2F)cc2c(NCc3cnc(C)o3)nc(-c3cccnc3)nc12. The maximum Gasteiger partial charge on any atom is 0.191 e. The van der Waals surface area contributed by atoms with Crippen LogP contribution in [0.25, 0.3) is 33.4 Å². The fraction of sp³-hybridized carbons (Fsp3) is 0.120. The summed E-state index contributed by atoms with van der Waals surface area (Å²) in [5, 5.41) is 3.83. The molecule has 0 spiro atoms. The molecule has 0 amide bonds. The van der Waals surface area contributed by atoms with Gasteiger partial charge in [-0.3, -0.25) is 4.98 Å². The molecule has 170 valence electrons. The van der Waals surface area contributed by atoms with Crippen molar-refractivity contribution in [1.29, 1.82) is 0 Å². The number of nitrogens with one attached hydrogen (secondary N) is 1. The molecular formula is C25H19F2N5O2. The fourth-order valence-corrected chi connectivity index (χ4v) is 3.65. The van der Waals surface area contributed by atoms with Gasteiger partial charge in [-0.2, -0.15) is 0 Å². The lowest BCUT2D eigenvalue weighted by molar-refractivity contribution is 0.419. The lowest BCUT2D eigenvalue weighted by atomic mass is 10.0. The van der Waals surface area contributed by atoms with Crippen LogP contribution < -0.4 is 10.1 Å². The van der Waals surface area contributed by atoms with Gasteiger partial charge in [-0.15, -0.1) is 0 Å². The highest BCUT2D eigenvalue weighted by Gasteiger charge is 2.17. The first-order valence-corrected chi connectivity index (χ1v) is 10.4. The van der Waals surface area contributed by atoms with Gasteiger partial charge >= 0.3 is 0 Å². The number of anilines is 1. The van der Waals surface area contributed by atoms with E-state index in [0.717, 1.165) is 18.2 Å². The van der Waals surface area contributed by atoms with Crippen LogP contribution in [-0.4, -0.2) is 27.0 Å². The predicted octanol–water partition coefficient (Wildman–Crippen LogP) is 5.55. The molecule has 0 bridgehead atoms. The Balaban J connectivity index is 1.71. The summed E-state index contributed by atoms with van der Waals surface area (Å²) in [6.45, 7) is 2.06. The number of hydrogen-bond acceptors (Lipinski definition) is 7. The van der Waals surface area contributed by atoms with Gasteiger partial charge in [0.2, 0.25) is 0 Å². The second-order valence-corrected chi connectivity index (χ2v) is 7.54. The van der Waals surface area contributed by atoms with Crippen molar-refractivity contribution in [2.75, 3.05) is 12.4 Å². The second kappa shape index (κ2) is 8.86. The molecule has 0 atom stereocenters. The first-order valence-electron chi connectivity index (χ1n) is 10.4. The first-order chi connectivity index (χ1) is 16.5. The van der Waals surface area contributed by atoms with Gasteiger partial charge in [0, 0.05) is 35.8 Å². The highest BCUT2D eigenvalue weighted by Crippen LogP contribution is 2.37. The predicted molar refractivity (Wildman–Crippen MR) is 123 cm³/mol. The number of benzene rings is 2. The van der Waals surface area contributed by atoms with E-state index < -0.39 is 11.6 Å². The fourth-order valence-electron chi connectivity index (χ4n) is 3.65. The summed E-state index contributed by atoms with van der Waals surface area (Å²) >= 11 is 0. The van der Waals surface area contributed by atoms with Crippen LogP contribution >= 0.6 is 0 Å². The van der Waals surface area contributed by atoms with Crippen LogP contribution in [0.1, 0.15) is 11.7 Å². The third kappa shape index (κ3) is 4.15. The van der Waals surface area contributed by atoms with E-state index in [9.17, 15) is 8.78 Å². The molecule has 0 radical (unpaired) electrons. The average molecular weight is 459 g/mol. The highest BCUT2D eigenvalue weighted by molar-refractivity contribution is 5.97. The summed E-state index contributed by atoms with van der Waals surface area (Å²) in [6, 6.07) is 10.3. The number of aromatic nitrogens is 4. The molecule has 0 aliphatic rings. The Hall–Kier alpha value is -4.40. The topological polar surface area (TPSA) is 86.0 Å². The summed E-state index contributed by atoms with van der Waals surface area (Å²) in [5.41, 5.74) is 1.75. The number of rotatable bonds is 6. The lowest BCUT2D eigenvalue weighted by Gasteiger charge is -2.15. The molecule has 1 N–H and O–H groups in total. The Labute approximate surface area is 193 Å². The Bertz CT molecular complexity index is 1490. The third-order valence-electron chi connectivity index (χ3n) is 5.24. The summed E-state index contributed by atoms with van der Waals surface area (Å²) in [4.78, 5) is 17.6. The highest BCUT2D eigenvalue weighted by atomic mass is 19.1. The molecular weight excluding hydrogens is 440 g/mol. The maximum absolute atomic E-state index is 14.6. The second-order valence-electron chi connectivity index (χ2n) is 7.54. The lowest BCUT2D eigenvalue weighted by Crippen LogP contribution is -2.05. The number of fused-ring (bicyclic) bond motifs is 1. The molecule has 3 heterocycles. The zero-order valence-electron chi connectivity index (χ0n) is 18.3. The van der Waals surface area contributed by atoms with Crippen LogP contribution in [-0.2, 0) is 6.54 Å². The largest absolute Gasteiger partial charge is 0.494 e. The standard InChI is InChI=1S/C25H19F2N5O2/c1-14-29-12-18(34-14)13-30-25-20-8-16(19-10-17(26)5-6-21(19)27)9-22(33-2)23(20)31-24(32-25)15-4-3-7-28-11-15/h3-12H,13H2,1-2H3,(H,30,31,32). The maximum atomic E-state index is 14.6. The van der Waals surface area contributed by atoms with Gasteiger partial charge in [0.05, 0.1) is 19.9 Å². The van der Waals surface area contributed by atoms with Gasteiger partial charge in [-0.1, -0.05) is 0 Å². The molecule has 9 heteroatoms. The van der Waals surface area contributed by atoms with Crippen LogP contribution in [0, 0.1) is 18.6 Å². The molecule has 0 aliphatic carbocycles. The molecule has 5 aromatic rings. The summed E-state index contributed by atoms with van der Waals surface area (Å²) < 4.78 is 39.6. The molecule has 34 heavy (non-hydrogen) atoms. The van der Waals surface area contributed by atoms with Gasteiger partial charge in [0.25, 0.3) is 0 Å². The molecule has 0 fully saturated rings. The summed E-state index contributed by atoms with van der Waals surface area (Å²) in [6.07, 6.45) is 4.95. The number of halogens is 2. The number of aryl methyl sites for hydroxylation is 1. The van der Waals surface area contributed by atoms with Gasteiger partial charge < -0.3 is 14.5 Å². The van der Waals surface area contributed by atoms with Crippen LogP contribution in [0.4, 0.5) is 14.6 Å². The first kappa shape index (κ1) is 21.4. The van der Waals surface area contributed by atoms with E-state index in [4.69, 9.17) is 19.1 Å². The van der Waals surface area contributed by atoms with E-state index in [0.29, 0.717) is 57.6 Å². The van der Waals surface area contributed by atoms with E-state index >= 15 is 0 Å². The Morgan fingerprint density at radius 2 is 1.91 bits per heavy atom. The summed E-state index contributed by atoms with van der Waals surface area (Å²) in [7, 11) is 1.50. The van der Waals surface area contributed by atoms with Crippen molar-refractivity contribution in [2.24, 2.45) is 0 Å². The Morgan fingerprint density at radius 3 is 2.65 bits per heavy atom.